The number of carbonyl (C=O) groups is 1. The molecule has 1 aromatic heterocycles. The topological polar surface area (TPSA) is 42.0 Å². The molecule has 3 rings (SSSR count). The predicted octanol–water partition coefficient (Wildman–Crippen LogP) is 4.93. The molecule has 1 aromatic carbocycles. The lowest BCUT2D eigenvalue weighted by Crippen LogP contribution is -2.30. The number of aromatic nitrogens is 1. The van der Waals surface area contributed by atoms with Gasteiger partial charge in [-0.3, -0.25) is 9.78 Å². The molecule has 1 saturated carbocycles. The summed E-state index contributed by atoms with van der Waals surface area (Å²) in [5.41, 5.74) is 2.29. The van der Waals surface area contributed by atoms with Crippen molar-refractivity contribution >= 4 is 40.8 Å². The minimum Gasteiger partial charge on any atom is -0.352 e. The predicted molar refractivity (Wildman–Crippen MR) is 97.6 cm³/mol. The molecule has 3 nitrogen and oxygen atoms in total. The highest BCUT2D eigenvalue weighted by atomic mass is 35.5. The van der Waals surface area contributed by atoms with E-state index in [0.29, 0.717) is 16.5 Å². The molecule has 23 heavy (non-hydrogen) atoms. The first kappa shape index (κ1) is 18.0. The number of amides is 1. The zero-order valence-corrected chi connectivity index (χ0v) is 14.8. The minimum absolute atomic E-state index is 0. The zero-order valence-electron chi connectivity index (χ0n) is 13.3. The number of hydrogen-bond donors (Lipinski definition) is 1. The summed E-state index contributed by atoms with van der Waals surface area (Å²) < 4.78 is 0. The lowest BCUT2D eigenvalue weighted by molar-refractivity contribution is 0.0945. The van der Waals surface area contributed by atoms with Crippen LogP contribution in [0.1, 0.15) is 48.2 Å². The zero-order chi connectivity index (χ0) is 15.5. The van der Waals surface area contributed by atoms with E-state index < -0.39 is 0 Å². The minimum atomic E-state index is -0.0909. The molecule has 1 N–H and O–H groups in total. The number of pyridine rings is 1. The van der Waals surface area contributed by atoms with Crippen molar-refractivity contribution in [2.75, 3.05) is 6.54 Å². The molecule has 1 aliphatic carbocycles. The van der Waals surface area contributed by atoms with Gasteiger partial charge < -0.3 is 5.32 Å². The second kappa shape index (κ2) is 7.98. The van der Waals surface area contributed by atoms with Crippen molar-refractivity contribution in [1.29, 1.82) is 0 Å². The highest BCUT2D eigenvalue weighted by Crippen LogP contribution is 2.26. The summed E-state index contributed by atoms with van der Waals surface area (Å²) in [4.78, 5) is 17.1. The highest BCUT2D eigenvalue weighted by Gasteiger charge is 2.18. The van der Waals surface area contributed by atoms with E-state index in [1.165, 1.54) is 32.1 Å². The Morgan fingerprint density at radius 2 is 1.96 bits per heavy atom. The van der Waals surface area contributed by atoms with Crippen molar-refractivity contribution < 1.29 is 4.79 Å². The van der Waals surface area contributed by atoms with Gasteiger partial charge >= 0.3 is 0 Å². The second-order valence-corrected chi connectivity index (χ2v) is 6.56. The number of benzene rings is 1. The summed E-state index contributed by atoms with van der Waals surface area (Å²) in [7, 11) is 0. The first-order valence-electron chi connectivity index (χ1n) is 7.99. The van der Waals surface area contributed by atoms with Crippen LogP contribution in [-0.4, -0.2) is 17.4 Å². The molecule has 124 valence electrons. The Balaban J connectivity index is 0.00000192. The molecule has 1 heterocycles. The smallest absolute Gasteiger partial charge is 0.253 e. The van der Waals surface area contributed by atoms with Gasteiger partial charge in [-0.1, -0.05) is 36.9 Å². The quantitative estimate of drug-likeness (QED) is 0.850. The van der Waals surface area contributed by atoms with Crippen LogP contribution in [0, 0.1) is 12.8 Å². The number of rotatable bonds is 3. The summed E-state index contributed by atoms with van der Waals surface area (Å²) in [6, 6.07) is 7.46. The number of aryl methyl sites for hydroxylation is 1. The van der Waals surface area contributed by atoms with Crippen LogP contribution < -0.4 is 5.32 Å². The molecular formula is C18H22Cl2N2O. The van der Waals surface area contributed by atoms with Gasteiger partial charge in [-0.2, -0.15) is 0 Å². The molecule has 0 unspecified atom stereocenters. The van der Waals surface area contributed by atoms with Gasteiger partial charge in [0.1, 0.15) is 0 Å². The van der Waals surface area contributed by atoms with Crippen LogP contribution in [0.2, 0.25) is 5.02 Å². The van der Waals surface area contributed by atoms with Gasteiger partial charge in [-0.05, 0) is 43.9 Å². The third-order valence-electron chi connectivity index (χ3n) is 4.46. The molecule has 1 fully saturated rings. The Bertz CT molecular complexity index is 697. The van der Waals surface area contributed by atoms with E-state index in [2.05, 4.69) is 10.3 Å². The highest BCUT2D eigenvalue weighted by molar-refractivity contribution is 6.35. The Hall–Kier alpha value is -1.32. The molecule has 2 aromatic rings. The lowest BCUT2D eigenvalue weighted by Gasteiger charge is -2.22. The summed E-state index contributed by atoms with van der Waals surface area (Å²) in [6.45, 7) is 2.68. The average Bonchev–Trinajstić information content (AvgIpc) is 2.54. The van der Waals surface area contributed by atoms with Gasteiger partial charge in [0.25, 0.3) is 5.91 Å². The van der Waals surface area contributed by atoms with Gasteiger partial charge in [0, 0.05) is 17.6 Å². The molecule has 1 amide bonds. The summed E-state index contributed by atoms with van der Waals surface area (Å²) in [5.74, 6) is 0.513. The fourth-order valence-corrected chi connectivity index (χ4v) is 3.48. The van der Waals surface area contributed by atoms with E-state index in [1.54, 1.807) is 6.07 Å². The molecule has 0 spiro atoms. The van der Waals surface area contributed by atoms with Crippen molar-refractivity contribution in [2.24, 2.45) is 5.92 Å². The molecular weight excluding hydrogens is 331 g/mol. The number of halogens is 2. The summed E-state index contributed by atoms with van der Waals surface area (Å²) >= 11 is 6.27. The van der Waals surface area contributed by atoms with Crippen molar-refractivity contribution in [1.82, 2.24) is 10.3 Å². The van der Waals surface area contributed by atoms with Crippen LogP contribution in [0.4, 0.5) is 0 Å². The van der Waals surface area contributed by atoms with Gasteiger partial charge in [-0.15, -0.1) is 12.4 Å². The maximum Gasteiger partial charge on any atom is 0.253 e. The molecule has 0 bridgehead atoms. The number of hydrogen-bond acceptors (Lipinski definition) is 2. The van der Waals surface area contributed by atoms with Crippen LogP contribution in [0.5, 0.6) is 0 Å². The molecule has 0 saturated heterocycles. The Morgan fingerprint density at radius 1 is 1.22 bits per heavy atom. The van der Waals surface area contributed by atoms with E-state index in [4.69, 9.17) is 11.6 Å². The van der Waals surface area contributed by atoms with Crippen LogP contribution in [-0.2, 0) is 0 Å². The van der Waals surface area contributed by atoms with Crippen LogP contribution in [0.3, 0.4) is 0 Å². The number of nitrogens with one attached hydrogen (secondary N) is 1. The van der Waals surface area contributed by atoms with E-state index in [1.807, 2.05) is 25.1 Å². The van der Waals surface area contributed by atoms with E-state index in [-0.39, 0.29) is 18.3 Å². The third-order valence-corrected chi connectivity index (χ3v) is 4.78. The van der Waals surface area contributed by atoms with E-state index in [0.717, 1.165) is 23.1 Å². The monoisotopic (exact) mass is 352 g/mol. The average molecular weight is 353 g/mol. The largest absolute Gasteiger partial charge is 0.352 e. The number of carbonyl (C=O) groups excluding carboxylic acids is 1. The summed E-state index contributed by atoms with van der Waals surface area (Å²) in [5, 5.41) is 4.37. The Kier molecular flexibility index (Phi) is 6.25. The Labute approximate surface area is 148 Å². The van der Waals surface area contributed by atoms with Gasteiger partial charge in [-0.25, -0.2) is 0 Å². The molecule has 5 heteroatoms. The van der Waals surface area contributed by atoms with Crippen molar-refractivity contribution in [2.45, 2.75) is 39.0 Å². The lowest BCUT2D eigenvalue weighted by atomic mass is 9.89. The first-order valence-corrected chi connectivity index (χ1v) is 8.37. The Morgan fingerprint density at radius 3 is 2.70 bits per heavy atom. The maximum atomic E-state index is 12.6. The molecule has 0 atom stereocenters. The second-order valence-electron chi connectivity index (χ2n) is 6.16. The number of fused-ring (bicyclic) bond motifs is 1. The normalized spacial score (nSPS) is 15.2. The first-order chi connectivity index (χ1) is 10.6. The molecule has 1 aliphatic rings. The van der Waals surface area contributed by atoms with Crippen molar-refractivity contribution in [3.63, 3.8) is 0 Å². The summed E-state index contributed by atoms with van der Waals surface area (Å²) in [6.07, 6.45) is 6.30. The molecule has 0 radical (unpaired) electrons. The van der Waals surface area contributed by atoms with Crippen LogP contribution in [0.15, 0.2) is 24.3 Å². The molecule has 0 aliphatic heterocycles. The SMILES string of the molecule is Cc1ccc2c(C(=O)NCC3CCCCC3)c(Cl)ccc2n1.Cl. The van der Waals surface area contributed by atoms with Crippen molar-refractivity contribution in [3.8, 4) is 0 Å². The van der Waals surface area contributed by atoms with Crippen molar-refractivity contribution in [3.05, 3.63) is 40.5 Å². The van der Waals surface area contributed by atoms with E-state index in [9.17, 15) is 4.79 Å². The van der Waals surface area contributed by atoms with Gasteiger partial charge in [0.05, 0.1) is 16.1 Å². The fraction of sp³-hybridized carbons (Fsp3) is 0.444. The van der Waals surface area contributed by atoms with E-state index >= 15 is 0 Å². The van der Waals surface area contributed by atoms with Gasteiger partial charge in [0.15, 0.2) is 0 Å². The van der Waals surface area contributed by atoms with Crippen LogP contribution >= 0.6 is 24.0 Å². The van der Waals surface area contributed by atoms with Crippen LogP contribution in [0.25, 0.3) is 10.9 Å². The van der Waals surface area contributed by atoms with Gasteiger partial charge in [0.2, 0.25) is 0 Å². The fourth-order valence-electron chi connectivity index (χ4n) is 3.23. The third kappa shape index (κ3) is 4.15. The number of nitrogens with zero attached hydrogens (tertiary/aromatic N) is 1. The maximum absolute atomic E-state index is 12.6. The standard InChI is InChI=1S/C18H21ClN2O.ClH/c1-12-7-8-14-16(21-12)10-9-15(19)17(14)18(22)20-11-13-5-3-2-4-6-13;/h7-10,13H,2-6,11H2,1H3,(H,20,22);1H.